The van der Waals surface area contributed by atoms with Crippen LogP contribution in [-0.2, 0) is 11.3 Å². The van der Waals surface area contributed by atoms with E-state index in [-0.39, 0.29) is 6.42 Å². The number of alkyl halides is 2. The van der Waals surface area contributed by atoms with Gasteiger partial charge in [-0.3, -0.25) is 0 Å². The minimum Gasteiger partial charge on any atom is -0.484 e. The topological polar surface area (TPSA) is 18.5 Å². The molecule has 0 radical (unpaired) electrons. The zero-order valence-corrected chi connectivity index (χ0v) is 9.08. The van der Waals surface area contributed by atoms with Crippen molar-refractivity contribution in [1.82, 2.24) is 0 Å². The van der Waals surface area contributed by atoms with E-state index < -0.39 is 12.0 Å². The summed E-state index contributed by atoms with van der Waals surface area (Å²) < 4.78 is 35.5. The first-order valence-electron chi connectivity index (χ1n) is 5.33. The van der Waals surface area contributed by atoms with Gasteiger partial charge in [-0.2, -0.15) is 0 Å². The second-order valence-corrected chi connectivity index (χ2v) is 3.85. The van der Waals surface area contributed by atoms with Crippen molar-refractivity contribution in [2.75, 3.05) is 6.61 Å². The number of hydrogen-bond donors (Lipinski definition) is 0. The molecule has 1 atom stereocenters. The Morgan fingerprint density at radius 2 is 1.94 bits per heavy atom. The lowest BCUT2D eigenvalue weighted by molar-refractivity contribution is 0.0665. The van der Waals surface area contributed by atoms with Crippen LogP contribution in [0.15, 0.2) is 24.3 Å². The Morgan fingerprint density at radius 3 is 2.44 bits per heavy atom. The van der Waals surface area contributed by atoms with Crippen LogP contribution in [0.5, 0.6) is 5.75 Å². The van der Waals surface area contributed by atoms with Crippen molar-refractivity contribution in [2.45, 2.75) is 32.0 Å². The molecule has 0 amide bonds. The molecule has 0 aromatic heterocycles. The summed E-state index contributed by atoms with van der Waals surface area (Å²) in [4.78, 5) is 0. The molecule has 1 unspecified atom stereocenters. The molecule has 1 aliphatic rings. The SMILES string of the molecule is CCOCc1ccc(OC2CC2(F)F)cc1. The lowest BCUT2D eigenvalue weighted by atomic mass is 10.2. The first-order chi connectivity index (χ1) is 7.62. The van der Waals surface area contributed by atoms with Crippen LogP contribution < -0.4 is 4.74 Å². The van der Waals surface area contributed by atoms with Crippen LogP contribution in [0.1, 0.15) is 18.9 Å². The zero-order valence-electron chi connectivity index (χ0n) is 9.08. The molecule has 88 valence electrons. The van der Waals surface area contributed by atoms with Crippen LogP contribution in [0, 0.1) is 0 Å². The van der Waals surface area contributed by atoms with E-state index in [0.29, 0.717) is 19.0 Å². The number of hydrogen-bond acceptors (Lipinski definition) is 2. The quantitative estimate of drug-likeness (QED) is 0.771. The summed E-state index contributed by atoms with van der Waals surface area (Å²) in [5, 5.41) is 0. The van der Waals surface area contributed by atoms with Crippen molar-refractivity contribution in [2.24, 2.45) is 0 Å². The fourth-order valence-electron chi connectivity index (χ4n) is 1.36. The Labute approximate surface area is 93.2 Å². The molecule has 4 heteroatoms. The smallest absolute Gasteiger partial charge is 0.288 e. The van der Waals surface area contributed by atoms with Crippen molar-refractivity contribution >= 4 is 0 Å². The number of rotatable bonds is 5. The number of halogens is 2. The Balaban J connectivity index is 1.87. The minimum atomic E-state index is -2.63. The second-order valence-electron chi connectivity index (χ2n) is 3.85. The minimum absolute atomic E-state index is 0.173. The summed E-state index contributed by atoms with van der Waals surface area (Å²) in [6.07, 6.45) is -1.11. The van der Waals surface area contributed by atoms with Crippen LogP contribution in [-0.4, -0.2) is 18.6 Å². The highest BCUT2D eigenvalue weighted by molar-refractivity contribution is 5.28. The molecular weight excluding hydrogens is 214 g/mol. The van der Waals surface area contributed by atoms with E-state index in [0.717, 1.165) is 5.56 Å². The van der Waals surface area contributed by atoms with Gasteiger partial charge in [-0.1, -0.05) is 12.1 Å². The lowest BCUT2D eigenvalue weighted by Gasteiger charge is -2.06. The molecule has 16 heavy (non-hydrogen) atoms. The van der Waals surface area contributed by atoms with E-state index in [2.05, 4.69) is 0 Å². The van der Waals surface area contributed by atoms with Crippen molar-refractivity contribution in [3.63, 3.8) is 0 Å². The molecule has 0 saturated heterocycles. The summed E-state index contributed by atoms with van der Waals surface area (Å²) >= 11 is 0. The molecule has 2 nitrogen and oxygen atoms in total. The highest BCUT2D eigenvalue weighted by Gasteiger charge is 2.59. The van der Waals surface area contributed by atoms with Crippen molar-refractivity contribution < 1.29 is 18.3 Å². The molecule has 1 aromatic rings. The van der Waals surface area contributed by atoms with Crippen molar-refractivity contribution in [1.29, 1.82) is 0 Å². The maximum Gasteiger partial charge on any atom is 0.288 e. The molecule has 1 saturated carbocycles. The van der Waals surface area contributed by atoms with E-state index in [4.69, 9.17) is 9.47 Å². The second kappa shape index (κ2) is 4.37. The van der Waals surface area contributed by atoms with Crippen LogP contribution in [0.2, 0.25) is 0 Å². The van der Waals surface area contributed by atoms with Crippen molar-refractivity contribution in [3.8, 4) is 5.75 Å². The normalized spacial score (nSPS) is 21.8. The molecule has 0 spiro atoms. The van der Waals surface area contributed by atoms with Gasteiger partial charge in [0, 0.05) is 6.61 Å². The predicted molar refractivity (Wildman–Crippen MR) is 55.8 cm³/mol. The van der Waals surface area contributed by atoms with E-state index in [9.17, 15) is 8.78 Å². The van der Waals surface area contributed by atoms with Gasteiger partial charge in [0.05, 0.1) is 13.0 Å². The molecular formula is C12H14F2O2. The third-order valence-corrected chi connectivity index (χ3v) is 2.44. The maximum atomic E-state index is 12.6. The molecule has 0 aliphatic heterocycles. The Hall–Kier alpha value is -1.16. The maximum absolute atomic E-state index is 12.6. The number of benzene rings is 1. The van der Waals surface area contributed by atoms with Gasteiger partial charge in [-0.05, 0) is 24.6 Å². The first kappa shape index (κ1) is 11.3. The summed E-state index contributed by atoms with van der Waals surface area (Å²) in [7, 11) is 0. The van der Waals surface area contributed by atoms with E-state index in [1.54, 1.807) is 12.1 Å². The average Bonchev–Trinajstić information content (AvgIpc) is 2.85. The van der Waals surface area contributed by atoms with E-state index in [1.165, 1.54) is 0 Å². The highest BCUT2D eigenvalue weighted by Crippen LogP contribution is 2.44. The Bertz CT molecular complexity index is 349. The van der Waals surface area contributed by atoms with Crippen LogP contribution >= 0.6 is 0 Å². The van der Waals surface area contributed by atoms with Gasteiger partial charge in [0.2, 0.25) is 0 Å². The van der Waals surface area contributed by atoms with Gasteiger partial charge in [0.1, 0.15) is 5.75 Å². The number of ether oxygens (including phenoxy) is 2. The van der Waals surface area contributed by atoms with Gasteiger partial charge < -0.3 is 9.47 Å². The van der Waals surface area contributed by atoms with Gasteiger partial charge in [-0.25, -0.2) is 8.78 Å². The predicted octanol–water partition coefficient (Wildman–Crippen LogP) is 3.01. The third kappa shape index (κ3) is 2.70. The Kier molecular flexibility index (Phi) is 3.10. The van der Waals surface area contributed by atoms with E-state index in [1.807, 2.05) is 19.1 Å². The zero-order chi connectivity index (χ0) is 11.6. The monoisotopic (exact) mass is 228 g/mol. The van der Waals surface area contributed by atoms with Crippen molar-refractivity contribution in [3.05, 3.63) is 29.8 Å². The molecule has 2 rings (SSSR count). The average molecular weight is 228 g/mol. The summed E-state index contributed by atoms with van der Waals surface area (Å²) in [6.45, 7) is 3.12. The van der Waals surface area contributed by atoms with Crippen LogP contribution in [0.3, 0.4) is 0 Å². The molecule has 0 N–H and O–H groups in total. The fraction of sp³-hybridized carbons (Fsp3) is 0.500. The lowest BCUT2D eigenvalue weighted by Crippen LogP contribution is -2.06. The van der Waals surface area contributed by atoms with Gasteiger partial charge >= 0.3 is 0 Å². The molecule has 1 fully saturated rings. The highest BCUT2D eigenvalue weighted by atomic mass is 19.3. The molecule has 0 heterocycles. The van der Waals surface area contributed by atoms with Gasteiger partial charge in [-0.15, -0.1) is 0 Å². The third-order valence-electron chi connectivity index (χ3n) is 2.44. The summed E-state index contributed by atoms with van der Waals surface area (Å²) in [5.74, 6) is -2.15. The van der Waals surface area contributed by atoms with Gasteiger partial charge in [0.15, 0.2) is 6.10 Å². The van der Waals surface area contributed by atoms with Crippen LogP contribution in [0.25, 0.3) is 0 Å². The largest absolute Gasteiger partial charge is 0.484 e. The Morgan fingerprint density at radius 1 is 1.31 bits per heavy atom. The molecule has 1 aromatic carbocycles. The standard InChI is InChI=1S/C12H14F2O2/c1-2-15-8-9-3-5-10(6-4-9)16-11-7-12(11,13)14/h3-6,11H,2,7-8H2,1H3. The molecule has 0 bridgehead atoms. The summed E-state index contributed by atoms with van der Waals surface area (Å²) in [5.41, 5.74) is 1.01. The fourth-order valence-corrected chi connectivity index (χ4v) is 1.36. The first-order valence-corrected chi connectivity index (χ1v) is 5.33. The summed E-state index contributed by atoms with van der Waals surface area (Å²) in [6, 6.07) is 7.04. The van der Waals surface area contributed by atoms with Crippen LogP contribution in [0.4, 0.5) is 8.78 Å². The van der Waals surface area contributed by atoms with E-state index >= 15 is 0 Å². The molecule has 1 aliphatic carbocycles. The van der Waals surface area contributed by atoms with Gasteiger partial charge in [0.25, 0.3) is 5.92 Å².